The Morgan fingerprint density at radius 3 is 2.78 bits per heavy atom. The first-order valence-electron chi connectivity index (χ1n) is 6.62. The van der Waals surface area contributed by atoms with E-state index in [4.69, 9.17) is 5.73 Å². The van der Waals surface area contributed by atoms with Gasteiger partial charge >= 0.3 is 0 Å². The molecule has 1 amide bonds. The molecule has 1 saturated carbocycles. The molecule has 0 aromatic carbocycles. The highest BCUT2D eigenvalue weighted by molar-refractivity contribution is 5.92. The Morgan fingerprint density at radius 1 is 1.44 bits per heavy atom. The van der Waals surface area contributed by atoms with Crippen LogP contribution in [0, 0.1) is 18.8 Å². The largest absolute Gasteiger partial charge is 0.330 e. The summed E-state index contributed by atoms with van der Waals surface area (Å²) >= 11 is 0. The molecule has 98 valence electrons. The lowest BCUT2D eigenvalue weighted by molar-refractivity contribution is -0.121. The summed E-state index contributed by atoms with van der Waals surface area (Å²) in [6, 6.07) is 3.72. The van der Waals surface area contributed by atoms with E-state index in [2.05, 4.69) is 10.3 Å². The standard InChI is InChI=1S/C14H21N3O/c1-10-8-13(6-7-16-10)17-14(18)12-4-2-11(9-15)3-5-12/h6-8,11-12H,2-5,9,15H2,1H3,(H,16,17,18). The van der Waals surface area contributed by atoms with Crippen LogP contribution in [0.1, 0.15) is 31.4 Å². The Hall–Kier alpha value is -1.42. The zero-order valence-electron chi connectivity index (χ0n) is 10.9. The van der Waals surface area contributed by atoms with Gasteiger partial charge < -0.3 is 11.1 Å². The van der Waals surface area contributed by atoms with Gasteiger partial charge in [-0.05, 0) is 57.2 Å². The van der Waals surface area contributed by atoms with E-state index < -0.39 is 0 Å². The fourth-order valence-corrected chi connectivity index (χ4v) is 2.53. The summed E-state index contributed by atoms with van der Waals surface area (Å²) in [5.41, 5.74) is 7.41. The fraction of sp³-hybridized carbons (Fsp3) is 0.571. The molecule has 4 nitrogen and oxygen atoms in total. The number of hydrogen-bond acceptors (Lipinski definition) is 3. The van der Waals surface area contributed by atoms with Crippen molar-refractivity contribution in [3.05, 3.63) is 24.0 Å². The van der Waals surface area contributed by atoms with E-state index in [9.17, 15) is 4.79 Å². The first-order valence-corrected chi connectivity index (χ1v) is 6.62. The van der Waals surface area contributed by atoms with Crippen molar-refractivity contribution in [2.24, 2.45) is 17.6 Å². The molecule has 3 N–H and O–H groups in total. The van der Waals surface area contributed by atoms with Gasteiger partial charge in [0.15, 0.2) is 0 Å². The van der Waals surface area contributed by atoms with Gasteiger partial charge in [-0.1, -0.05) is 0 Å². The fourth-order valence-electron chi connectivity index (χ4n) is 2.53. The van der Waals surface area contributed by atoms with Gasteiger partial charge in [0.1, 0.15) is 0 Å². The number of rotatable bonds is 3. The van der Waals surface area contributed by atoms with Gasteiger partial charge in [0.05, 0.1) is 0 Å². The molecule has 1 aromatic heterocycles. The molecule has 1 aromatic rings. The van der Waals surface area contributed by atoms with E-state index in [1.54, 1.807) is 6.20 Å². The van der Waals surface area contributed by atoms with Gasteiger partial charge in [-0.15, -0.1) is 0 Å². The van der Waals surface area contributed by atoms with Gasteiger partial charge in [-0.25, -0.2) is 0 Å². The van der Waals surface area contributed by atoms with Crippen LogP contribution >= 0.6 is 0 Å². The number of nitrogens with two attached hydrogens (primary N) is 1. The molecule has 0 aliphatic heterocycles. The van der Waals surface area contributed by atoms with Crippen molar-refractivity contribution in [3.63, 3.8) is 0 Å². The minimum absolute atomic E-state index is 0.135. The lowest BCUT2D eigenvalue weighted by Gasteiger charge is -2.26. The lowest BCUT2D eigenvalue weighted by atomic mass is 9.81. The molecule has 4 heteroatoms. The average Bonchev–Trinajstić information content (AvgIpc) is 2.39. The van der Waals surface area contributed by atoms with Crippen molar-refractivity contribution in [2.45, 2.75) is 32.6 Å². The summed E-state index contributed by atoms with van der Waals surface area (Å²) in [4.78, 5) is 16.2. The van der Waals surface area contributed by atoms with Gasteiger partial charge in [0.2, 0.25) is 5.91 Å². The smallest absolute Gasteiger partial charge is 0.227 e. The topological polar surface area (TPSA) is 68.0 Å². The summed E-state index contributed by atoms with van der Waals surface area (Å²) in [5.74, 6) is 0.884. The highest BCUT2D eigenvalue weighted by atomic mass is 16.1. The molecule has 0 unspecified atom stereocenters. The second-order valence-corrected chi connectivity index (χ2v) is 5.13. The lowest BCUT2D eigenvalue weighted by Crippen LogP contribution is -2.29. The van der Waals surface area contributed by atoms with E-state index in [0.29, 0.717) is 5.92 Å². The second-order valence-electron chi connectivity index (χ2n) is 5.13. The zero-order chi connectivity index (χ0) is 13.0. The van der Waals surface area contributed by atoms with Gasteiger partial charge in [0, 0.05) is 23.5 Å². The number of hydrogen-bond donors (Lipinski definition) is 2. The van der Waals surface area contributed by atoms with Crippen LogP contribution < -0.4 is 11.1 Å². The number of aromatic nitrogens is 1. The minimum Gasteiger partial charge on any atom is -0.330 e. The van der Waals surface area contributed by atoms with Crippen LogP contribution in [0.4, 0.5) is 5.69 Å². The van der Waals surface area contributed by atoms with E-state index in [0.717, 1.165) is 43.6 Å². The Morgan fingerprint density at radius 2 is 2.17 bits per heavy atom. The molecule has 0 spiro atoms. The number of nitrogens with zero attached hydrogens (tertiary/aromatic N) is 1. The molecule has 0 bridgehead atoms. The van der Waals surface area contributed by atoms with Crippen LogP contribution in [0.2, 0.25) is 0 Å². The van der Waals surface area contributed by atoms with Gasteiger partial charge in [-0.3, -0.25) is 9.78 Å². The summed E-state index contributed by atoms with van der Waals surface area (Å²) in [7, 11) is 0. The summed E-state index contributed by atoms with van der Waals surface area (Å²) in [5, 5.41) is 2.98. The number of nitrogens with one attached hydrogen (secondary N) is 1. The molecule has 1 aliphatic carbocycles. The maximum atomic E-state index is 12.1. The van der Waals surface area contributed by atoms with E-state index in [-0.39, 0.29) is 11.8 Å². The normalized spacial score (nSPS) is 23.7. The van der Waals surface area contributed by atoms with Crippen molar-refractivity contribution in [1.82, 2.24) is 4.98 Å². The van der Waals surface area contributed by atoms with Crippen LogP contribution in [0.3, 0.4) is 0 Å². The molecule has 0 radical (unpaired) electrons. The summed E-state index contributed by atoms with van der Waals surface area (Å²) in [6.07, 6.45) is 5.78. The zero-order valence-corrected chi connectivity index (χ0v) is 10.9. The van der Waals surface area contributed by atoms with E-state index in [1.807, 2.05) is 19.1 Å². The van der Waals surface area contributed by atoms with Crippen molar-refractivity contribution in [2.75, 3.05) is 11.9 Å². The van der Waals surface area contributed by atoms with E-state index in [1.165, 1.54) is 0 Å². The first-order chi connectivity index (χ1) is 8.69. The minimum atomic E-state index is 0.135. The van der Waals surface area contributed by atoms with Gasteiger partial charge in [-0.2, -0.15) is 0 Å². The molecule has 1 heterocycles. The van der Waals surface area contributed by atoms with Gasteiger partial charge in [0.25, 0.3) is 0 Å². The molecule has 1 fully saturated rings. The Kier molecular flexibility index (Phi) is 4.31. The Labute approximate surface area is 108 Å². The third-order valence-electron chi connectivity index (χ3n) is 3.72. The number of carbonyl (C=O) groups is 1. The second kappa shape index (κ2) is 5.96. The number of pyridine rings is 1. The van der Waals surface area contributed by atoms with Crippen LogP contribution in [0.25, 0.3) is 0 Å². The SMILES string of the molecule is Cc1cc(NC(=O)C2CCC(CN)CC2)ccn1. The number of carbonyl (C=O) groups excluding carboxylic acids is 1. The predicted molar refractivity (Wildman–Crippen MR) is 72.1 cm³/mol. The van der Waals surface area contributed by atoms with Crippen molar-refractivity contribution in [1.29, 1.82) is 0 Å². The number of aryl methyl sites for hydroxylation is 1. The van der Waals surface area contributed by atoms with Crippen molar-refractivity contribution in [3.8, 4) is 0 Å². The third kappa shape index (κ3) is 3.29. The molecular formula is C14H21N3O. The summed E-state index contributed by atoms with van der Waals surface area (Å²) < 4.78 is 0. The Bertz CT molecular complexity index is 411. The van der Waals surface area contributed by atoms with E-state index >= 15 is 0 Å². The monoisotopic (exact) mass is 247 g/mol. The molecule has 18 heavy (non-hydrogen) atoms. The summed E-state index contributed by atoms with van der Waals surface area (Å²) in [6.45, 7) is 2.67. The molecule has 1 aliphatic rings. The molecular weight excluding hydrogens is 226 g/mol. The Balaban J connectivity index is 1.89. The number of amides is 1. The van der Waals surface area contributed by atoms with Crippen LogP contribution in [-0.2, 0) is 4.79 Å². The maximum Gasteiger partial charge on any atom is 0.227 e. The van der Waals surface area contributed by atoms with Crippen LogP contribution in [0.15, 0.2) is 18.3 Å². The third-order valence-corrected chi connectivity index (χ3v) is 3.72. The number of anilines is 1. The van der Waals surface area contributed by atoms with Crippen molar-refractivity contribution >= 4 is 11.6 Å². The maximum absolute atomic E-state index is 12.1. The highest BCUT2D eigenvalue weighted by Crippen LogP contribution is 2.28. The molecule has 2 rings (SSSR count). The molecule has 0 atom stereocenters. The van der Waals surface area contributed by atoms with Crippen LogP contribution in [-0.4, -0.2) is 17.4 Å². The average molecular weight is 247 g/mol. The van der Waals surface area contributed by atoms with Crippen LogP contribution in [0.5, 0.6) is 0 Å². The first kappa shape index (κ1) is 13.0. The van der Waals surface area contributed by atoms with Crippen molar-refractivity contribution < 1.29 is 4.79 Å². The molecule has 0 saturated heterocycles. The quantitative estimate of drug-likeness (QED) is 0.859. The highest BCUT2D eigenvalue weighted by Gasteiger charge is 2.25. The predicted octanol–water partition coefficient (Wildman–Crippen LogP) is 2.09.